The second-order valence-electron chi connectivity index (χ2n) is 5.50. The van der Waals surface area contributed by atoms with Gasteiger partial charge in [-0.2, -0.15) is 5.10 Å². The van der Waals surface area contributed by atoms with Gasteiger partial charge in [-0.25, -0.2) is 0 Å². The minimum Gasteiger partial charge on any atom is -0.314 e. The molecule has 1 aliphatic rings. The van der Waals surface area contributed by atoms with Crippen LogP contribution >= 0.6 is 0 Å². The first-order chi connectivity index (χ1) is 8.69. The molecule has 1 aliphatic heterocycles. The van der Waals surface area contributed by atoms with Gasteiger partial charge in [0.1, 0.15) is 0 Å². The van der Waals surface area contributed by atoms with Crippen LogP contribution in [0.5, 0.6) is 0 Å². The zero-order valence-electron chi connectivity index (χ0n) is 11.9. The van der Waals surface area contributed by atoms with Crippen LogP contribution in [0.4, 0.5) is 0 Å². The molecule has 1 aromatic rings. The van der Waals surface area contributed by atoms with Gasteiger partial charge in [0.25, 0.3) is 0 Å². The van der Waals surface area contributed by atoms with Crippen LogP contribution < -0.4 is 5.32 Å². The molecule has 4 heteroatoms. The molecular formula is C14H26N4. The molecule has 0 bridgehead atoms. The summed E-state index contributed by atoms with van der Waals surface area (Å²) in [5.74, 6) is 0.757. The Kier molecular flexibility index (Phi) is 4.78. The van der Waals surface area contributed by atoms with Crippen LogP contribution in [-0.2, 0) is 13.5 Å². The molecule has 2 unspecified atom stereocenters. The number of rotatable bonds is 5. The largest absolute Gasteiger partial charge is 0.314 e. The molecule has 0 amide bonds. The molecule has 1 aromatic heterocycles. The Morgan fingerprint density at radius 1 is 1.50 bits per heavy atom. The van der Waals surface area contributed by atoms with Crippen LogP contribution in [0.25, 0.3) is 0 Å². The van der Waals surface area contributed by atoms with E-state index in [0.717, 1.165) is 25.4 Å². The minimum absolute atomic E-state index is 0.713. The highest BCUT2D eigenvalue weighted by molar-refractivity contribution is 5.04. The molecule has 1 N–H and O–H groups in total. The van der Waals surface area contributed by atoms with Crippen molar-refractivity contribution in [2.45, 2.75) is 32.7 Å². The summed E-state index contributed by atoms with van der Waals surface area (Å²) < 4.78 is 1.88. The summed E-state index contributed by atoms with van der Waals surface area (Å²) in [6.07, 6.45) is 6.50. The monoisotopic (exact) mass is 250 g/mol. The van der Waals surface area contributed by atoms with Crippen molar-refractivity contribution in [1.82, 2.24) is 20.0 Å². The van der Waals surface area contributed by atoms with E-state index in [2.05, 4.69) is 35.4 Å². The number of aromatic nitrogens is 2. The van der Waals surface area contributed by atoms with E-state index in [-0.39, 0.29) is 0 Å². The first-order valence-corrected chi connectivity index (χ1v) is 7.12. The highest BCUT2D eigenvalue weighted by Crippen LogP contribution is 2.17. The Hall–Kier alpha value is -0.870. The molecule has 1 fully saturated rings. The highest BCUT2D eigenvalue weighted by Gasteiger charge is 2.24. The van der Waals surface area contributed by atoms with Crippen molar-refractivity contribution in [2.24, 2.45) is 13.0 Å². The second kappa shape index (κ2) is 6.34. The summed E-state index contributed by atoms with van der Waals surface area (Å²) in [5.41, 5.74) is 1.35. The van der Waals surface area contributed by atoms with Crippen molar-refractivity contribution in [3.05, 3.63) is 18.0 Å². The van der Waals surface area contributed by atoms with Crippen LogP contribution in [0.1, 0.15) is 25.8 Å². The maximum Gasteiger partial charge on any atom is 0.0522 e. The van der Waals surface area contributed by atoms with E-state index in [4.69, 9.17) is 0 Å². The van der Waals surface area contributed by atoms with E-state index in [1.807, 2.05) is 17.9 Å². The third kappa shape index (κ3) is 3.56. The minimum atomic E-state index is 0.713. The average Bonchev–Trinajstić information content (AvgIpc) is 2.76. The molecule has 102 valence electrons. The lowest BCUT2D eigenvalue weighted by Crippen LogP contribution is -2.48. The molecule has 1 saturated heterocycles. The van der Waals surface area contributed by atoms with Gasteiger partial charge >= 0.3 is 0 Å². The van der Waals surface area contributed by atoms with Crippen molar-refractivity contribution in [3.8, 4) is 0 Å². The smallest absolute Gasteiger partial charge is 0.0522 e. The van der Waals surface area contributed by atoms with Crippen LogP contribution in [0, 0.1) is 5.92 Å². The second-order valence-corrected chi connectivity index (χ2v) is 5.50. The fourth-order valence-electron chi connectivity index (χ4n) is 2.89. The average molecular weight is 250 g/mol. The van der Waals surface area contributed by atoms with E-state index in [1.165, 1.54) is 25.1 Å². The summed E-state index contributed by atoms with van der Waals surface area (Å²) >= 11 is 0. The van der Waals surface area contributed by atoms with E-state index < -0.39 is 0 Å². The number of aryl methyl sites for hydroxylation is 1. The maximum absolute atomic E-state index is 4.22. The van der Waals surface area contributed by atoms with Crippen molar-refractivity contribution in [1.29, 1.82) is 0 Å². The quantitative estimate of drug-likeness (QED) is 0.854. The van der Waals surface area contributed by atoms with Crippen molar-refractivity contribution in [2.75, 3.05) is 26.2 Å². The molecular weight excluding hydrogens is 224 g/mol. The number of hydrogen-bond acceptors (Lipinski definition) is 3. The lowest BCUT2D eigenvalue weighted by atomic mass is 9.93. The molecule has 0 radical (unpaired) electrons. The Bertz CT molecular complexity index is 360. The third-order valence-electron chi connectivity index (χ3n) is 3.93. The topological polar surface area (TPSA) is 33.1 Å². The number of nitrogens with one attached hydrogen (secondary N) is 1. The summed E-state index contributed by atoms with van der Waals surface area (Å²) in [4.78, 5) is 2.59. The highest BCUT2D eigenvalue weighted by atomic mass is 15.2. The van der Waals surface area contributed by atoms with Gasteiger partial charge in [0, 0.05) is 32.4 Å². The predicted octanol–water partition coefficient (Wildman–Crippen LogP) is 1.28. The molecule has 0 aliphatic carbocycles. The molecule has 4 nitrogen and oxygen atoms in total. The fraction of sp³-hybridized carbons (Fsp3) is 0.786. The van der Waals surface area contributed by atoms with E-state index in [1.54, 1.807) is 0 Å². The molecule has 2 rings (SSSR count). The molecule has 18 heavy (non-hydrogen) atoms. The normalized spacial score (nSPS) is 25.5. The number of hydrogen-bond donors (Lipinski definition) is 1. The molecule has 0 spiro atoms. The van der Waals surface area contributed by atoms with Crippen LogP contribution in [-0.4, -0.2) is 46.9 Å². The molecule has 0 saturated carbocycles. The van der Waals surface area contributed by atoms with Gasteiger partial charge in [-0.05, 0) is 37.4 Å². The molecule has 0 aromatic carbocycles. The van der Waals surface area contributed by atoms with Crippen molar-refractivity contribution >= 4 is 0 Å². The number of likely N-dealkylation sites (tertiary alicyclic amines) is 1. The lowest BCUT2D eigenvalue weighted by Gasteiger charge is -2.37. The Morgan fingerprint density at radius 3 is 2.94 bits per heavy atom. The summed E-state index contributed by atoms with van der Waals surface area (Å²) in [6.45, 7) is 9.25. The van der Waals surface area contributed by atoms with Crippen LogP contribution in [0.15, 0.2) is 12.4 Å². The zero-order valence-corrected chi connectivity index (χ0v) is 11.9. The first kappa shape index (κ1) is 13.6. The van der Waals surface area contributed by atoms with Gasteiger partial charge < -0.3 is 10.2 Å². The molecule has 2 atom stereocenters. The van der Waals surface area contributed by atoms with Crippen LogP contribution in [0.2, 0.25) is 0 Å². The Labute approximate surface area is 110 Å². The van der Waals surface area contributed by atoms with Crippen molar-refractivity contribution in [3.63, 3.8) is 0 Å². The third-order valence-corrected chi connectivity index (χ3v) is 3.93. The van der Waals surface area contributed by atoms with Crippen LogP contribution in [0.3, 0.4) is 0 Å². The van der Waals surface area contributed by atoms with Crippen molar-refractivity contribution < 1.29 is 0 Å². The first-order valence-electron chi connectivity index (χ1n) is 7.12. The number of piperidine rings is 1. The Morgan fingerprint density at radius 2 is 2.33 bits per heavy atom. The molecule has 2 heterocycles. The Balaban J connectivity index is 1.75. The van der Waals surface area contributed by atoms with E-state index in [9.17, 15) is 0 Å². The SMILES string of the molecule is CCNC1CCN(CCc2cnn(C)c2)CC1C. The van der Waals surface area contributed by atoms with Gasteiger partial charge in [0.2, 0.25) is 0 Å². The summed E-state index contributed by atoms with van der Waals surface area (Å²) in [7, 11) is 1.98. The maximum atomic E-state index is 4.22. The van der Waals surface area contributed by atoms with Gasteiger partial charge in [0.05, 0.1) is 6.20 Å². The summed E-state index contributed by atoms with van der Waals surface area (Å²) in [6, 6.07) is 0.713. The van der Waals surface area contributed by atoms with E-state index >= 15 is 0 Å². The lowest BCUT2D eigenvalue weighted by molar-refractivity contribution is 0.150. The fourth-order valence-corrected chi connectivity index (χ4v) is 2.89. The number of nitrogens with zero attached hydrogens (tertiary/aromatic N) is 3. The van der Waals surface area contributed by atoms with E-state index in [0.29, 0.717) is 6.04 Å². The van der Waals surface area contributed by atoms with Gasteiger partial charge in [-0.1, -0.05) is 13.8 Å². The summed E-state index contributed by atoms with van der Waals surface area (Å²) in [5, 5.41) is 7.81. The standard InChI is InChI=1S/C14H26N4/c1-4-15-14-6-8-18(10-12(14)2)7-5-13-9-16-17(3)11-13/h9,11-12,14-15H,4-8,10H2,1-3H3. The predicted molar refractivity (Wildman–Crippen MR) is 74.6 cm³/mol. The zero-order chi connectivity index (χ0) is 13.0. The van der Waals surface area contributed by atoms with Gasteiger partial charge in [0.15, 0.2) is 0 Å². The van der Waals surface area contributed by atoms with Gasteiger partial charge in [-0.15, -0.1) is 0 Å². The van der Waals surface area contributed by atoms with Gasteiger partial charge in [-0.3, -0.25) is 4.68 Å².